The summed E-state index contributed by atoms with van der Waals surface area (Å²) in [4.78, 5) is 13.6. The number of amides is 1. The number of nitrogens with one attached hydrogen (secondary N) is 1. The van der Waals surface area contributed by atoms with E-state index < -0.39 is 5.82 Å². The number of hydrogen-bond acceptors (Lipinski definition) is 2. The number of para-hydroxylation sites is 1. The minimum absolute atomic E-state index is 0.101. The molecule has 18 heavy (non-hydrogen) atoms. The predicted molar refractivity (Wildman–Crippen MR) is 70.5 cm³/mol. The molecule has 0 aromatic heterocycles. The van der Waals surface area contributed by atoms with Gasteiger partial charge in [0.15, 0.2) is 0 Å². The van der Waals surface area contributed by atoms with Gasteiger partial charge in [0.1, 0.15) is 5.82 Å². The molecule has 2 rings (SSSR count). The van der Waals surface area contributed by atoms with Crippen LogP contribution in [0.2, 0.25) is 5.02 Å². The van der Waals surface area contributed by atoms with Crippen molar-refractivity contribution in [3.05, 3.63) is 29.0 Å². The second-order valence-corrected chi connectivity index (χ2v) is 4.76. The monoisotopic (exact) mass is 270 g/mol. The Balaban J connectivity index is 2.18. The Bertz CT molecular complexity index is 432. The van der Waals surface area contributed by atoms with Crippen molar-refractivity contribution in [3.63, 3.8) is 0 Å². The fraction of sp³-hybridized carbons (Fsp3) is 0.462. The summed E-state index contributed by atoms with van der Waals surface area (Å²) in [7, 11) is 0. The molecule has 1 amide bonds. The molecule has 0 saturated carbocycles. The summed E-state index contributed by atoms with van der Waals surface area (Å²) in [5, 5.41) is 3.44. The average Bonchev–Trinajstić information content (AvgIpc) is 2.69. The summed E-state index contributed by atoms with van der Waals surface area (Å²) in [5.74, 6) is -0.553. The van der Waals surface area contributed by atoms with Crippen LogP contribution in [0.15, 0.2) is 18.2 Å². The lowest BCUT2D eigenvalue weighted by Crippen LogP contribution is -2.39. The van der Waals surface area contributed by atoms with Gasteiger partial charge in [0.05, 0.1) is 16.8 Å². The molecule has 1 aromatic carbocycles. The molecular formula is C13H16ClFN2O. The molecule has 1 aliphatic heterocycles. The first-order valence-electron chi connectivity index (χ1n) is 6.14. The van der Waals surface area contributed by atoms with E-state index in [2.05, 4.69) is 5.32 Å². The zero-order valence-corrected chi connectivity index (χ0v) is 11.0. The van der Waals surface area contributed by atoms with Gasteiger partial charge in [-0.1, -0.05) is 24.6 Å². The van der Waals surface area contributed by atoms with Crippen molar-refractivity contribution in [1.29, 1.82) is 0 Å². The smallest absolute Gasteiger partial charge is 0.244 e. The van der Waals surface area contributed by atoms with Gasteiger partial charge in [0.2, 0.25) is 5.91 Å². The number of nitrogens with zero attached hydrogens (tertiary/aromatic N) is 1. The zero-order valence-electron chi connectivity index (χ0n) is 10.2. The molecule has 1 aliphatic rings. The summed E-state index contributed by atoms with van der Waals surface area (Å²) < 4.78 is 13.8. The minimum Gasteiger partial charge on any atom is -0.307 e. The normalized spacial score (nSPS) is 19.6. The largest absolute Gasteiger partial charge is 0.307 e. The molecule has 5 heteroatoms. The van der Waals surface area contributed by atoms with Crippen molar-refractivity contribution < 1.29 is 9.18 Å². The SMILES string of the molecule is CCCNC1CCN(c2c(F)cccc2Cl)C1=O. The molecule has 1 atom stereocenters. The van der Waals surface area contributed by atoms with Crippen LogP contribution in [0, 0.1) is 5.82 Å². The average molecular weight is 271 g/mol. The molecule has 1 aromatic rings. The van der Waals surface area contributed by atoms with Gasteiger partial charge in [-0.3, -0.25) is 4.79 Å². The maximum Gasteiger partial charge on any atom is 0.244 e. The molecule has 1 heterocycles. The Hall–Kier alpha value is -1.13. The molecular weight excluding hydrogens is 255 g/mol. The maximum atomic E-state index is 13.8. The van der Waals surface area contributed by atoms with Crippen LogP contribution in [0.3, 0.4) is 0 Å². The molecule has 0 bridgehead atoms. The van der Waals surface area contributed by atoms with Gasteiger partial charge in [-0.25, -0.2) is 4.39 Å². The molecule has 1 saturated heterocycles. The number of halogens is 2. The number of carbonyl (C=O) groups excluding carboxylic acids is 1. The van der Waals surface area contributed by atoms with Crippen LogP contribution < -0.4 is 10.2 Å². The second-order valence-electron chi connectivity index (χ2n) is 4.36. The van der Waals surface area contributed by atoms with Crippen LogP contribution in [0.25, 0.3) is 0 Å². The van der Waals surface area contributed by atoms with E-state index in [4.69, 9.17) is 11.6 Å². The lowest BCUT2D eigenvalue weighted by molar-refractivity contribution is -0.118. The van der Waals surface area contributed by atoms with E-state index in [1.807, 2.05) is 6.92 Å². The number of rotatable bonds is 4. The third-order valence-electron chi connectivity index (χ3n) is 3.05. The first-order valence-corrected chi connectivity index (χ1v) is 6.51. The van der Waals surface area contributed by atoms with E-state index in [1.165, 1.54) is 17.0 Å². The van der Waals surface area contributed by atoms with Gasteiger partial charge in [0.25, 0.3) is 0 Å². The van der Waals surface area contributed by atoms with Crippen LogP contribution in [0.1, 0.15) is 19.8 Å². The second kappa shape index (κ2) is 5.67. The summed E-state index contributed by atoms with van der Waals surface area (Å²) in [6.45, 7) is 3.33. The first kappa shape index (κ1) is 13.3. The Labute approximate surface area is 111 Å². The van der Waals surface area contributed by atoms with Crippen molar-refractivity contribution in [3.8, 4) is 0 Å². The highest BCUT2D eigenvalue weighted by molar-refractivity contribution is 6.34. The topological polar surface area (TPSA) is 32.3 Å². The van der Waals surface area contributed by atoms with Gasteiger partial charge < -0.3 is 10.2 Å². The Kier molecular flexibility index (Phi) is 4.19. The van der Waals surface area contributed by atoms with Gasteiger partial charge in [-0.05, 0) is 31.5 Å². The summed E-state index contributed by atoms with van der Waals surface area (Å²) in [6.07, 6.45) is 1.65. The van der Waals surface area contributed by atoms with E-state index in [1.54, 1.807) is 6.07 Å². The fourth-order valence-electron chi connectivity index (χ4n) is 2.16. The number of carbonyl (C=O) groups is 1. The lowest BCUT2D eigenvalue weighted by atomic mass is 10.2. The quantitative estimate of drug-likeness (QED) is 0.912. The van der Waals surface area contributed by atoms with Gasteiger partial charge in [-0.15, -0.1) is 0 Å². The minimum atomic E-state index is -0.452. The molecule has 0 radical (unpaired) electrons. The van der Waals surface area contributed by atoms with Crippen molar-refractivity contribution in [2.75, 3.05) is 18.0 Å². The molecule has 3 nitrogen and oxygen atoms in total. The van der Waals surface area contributed by atoms with Gasteiger partial charge in [0, 0.05) is 6.54 Å². The van der Waals surface area contributed by atoms with Crippen molar-refractivity contribution >= 4 is 23.2 Å². The van der Waals surface area contributed by atoms with E-state index >= 15 is 0 Å². The Morgan fingerprint density at radius 3 is 3.00 bits per heavy atom. The molecule has 1 fully saturated rings. The first-order chi connectivity index (χ1) is 8.65. The molecule has 1 unspecified atom stereocenters. The summed E-state index contributed by atoms with van der Waals surface area (Å²) in [6, 6.07) is 4.23. The van der Waals surface area contributed by atoms with E-state index in [-0.39, 0.29) is 22.7 Å². The van der Waals surface area contributed by atoms with Crippen LogP contribution >= 0.6 is 11.6 Å². The molecule has 0 spiro atoms. The predicted octanol–water partition coefficient (Wildman–Crippen LogP) is 2.58. The van der Waals surface area contributed by atoms with Crippen molar-refractivity contribution in [2.45, 2.75) is 25.8 Å². The fourth-order valence-corrected chi connectivity index (χ4v) is 2.42. The van der Waals surface area contributed by atoms with Gasteiger partial charge in [-0.2, -0.15) is 0 Å². The Morgan fingerprint density at radius 2 is 2.33 bits per heavy atom. The number of anilines is 1. The molecule has 0 aliphatic carbocycles. The highest BCUT2D eigenvalue weighted by Crippen LogP contribution is 2.31. The van der Waals surface area contributed by atoms with E-state index in [0.717, 1.165) is 13.0 Å². The highest BCUT2D eigenvalue weighted by atomic mass is 35.5. The lowest BCUT2D eigenvalue weighted by Gasteiger charge is -2.19. The highest BCUT2D eigenvalue weighted by Gasteiger charge is 2.34. The van der Waals surface area contributed by atoms with Crippen LogP contribution in [0.5, 0.6) is 0 Å². The Morgan fingerprint density at radius 1 is 1.56 bits per heavy atom. The summed E-state index contributed by atoms with van der Waals surface area (Å²) in [5.41, 5.74) is 0.199. The van der Waals surface area contributed by atoms with Crippen LogP contribution in [-0.4, -0.2) is 25.0 Å². The van der Waals surface area contributed by atoms with Gasteiger partial charge >= 0.3 is 0 Å². The van der Waals surface area contributed by atoms with Crippen LogP contribution in [0.4, 0.5) is 10.1 Å². The maximum absolute atomic E-state index is 13.8. The standard InChI is InChI=1S/C13H16ClFN2O/c1-2-7-16-11-6-8-17(13(11)18)12-9(14)4-3-5-10(12)15/h3-5,11,16H,2,6-8H2,1H3. The molecule has 1 N–H and O–H groups in total. The van der Waals surface area contributed by atoms with E-state index in [9.17, 15) is 9.18 Å². The number of benzene rings is 1. The third kappa shape index (κ3) is 2.49. The number of hydrogen-bond donors (Lipinski definition) is 1. The van der Waals surface area contributed by atoms with Crippen molar-refractivity contribution in [1.82, 2.24) is 5.32 Å². The van der Waals surface area contributed by atoms with Crippen molar-refractivity contribution in [2.24, 2.45) is 0 Å². The zero-order chi connectivity index (χ0) is 13.1. The molecule has 98 valence electrons. The van der Waals surface area contributed by atoms with Crippen LogP contribution in [-0.2, 0) is 4.79 Å². The van der Waals surface area contributed by atoms with E-state index in [0.29, 0.717) is 13.0 Å². The summed E-state index contributed by atoms with van der Waals surface area (Å²) >= 11 is 5.97. The third-order valence-corrected chi connectivity index (χ3v) is 3.36.